The number of aliphatic hydroxyl groups is 1. The number of pyridine rings is 1. The van der Waals surface area contributed by atoms with Gasteiger partial charge in [-0.05, 0) is 36.8 Å². The smallest absolute Gasteiger partial charge is 0.0853 e. The van der Waals surface area contributed by atoms with E-state index in [1.54, 1.807) is 6.20 Å². The Kier molecular flexibility index (Phi) is 6.85. The minimum Gasteiger partial charge on any atom is -0.390 e. The van der Waals surface area contributed by atoms with E-state index in [4.69, 9.17) is 0 Å². The van der Waals surface area contributed by atoms with Gasteiger partial charge in [-0.2, -0.15) is 0 Å². The molecule has 0 fully saturated rings. The molecule has 0 spiro atoms. The molecule has 0 radical (unpaired) electrons. The van der Waals surface area contributed by atoms with Crippen LogP contribution in [0.5, 0.6) is 0 Å². The van der Waals surface area contributed by atoms with Gasteiger partial charge in [-0.1, -0.05) is 27.7 Å². The average molecular weight is 264 g/mol. The van der Waals surface area contributed by atoms with Gasteiger partial charge < -0.3 is 10.0 Å². The summed E-state index contributed by atoms with van der Waals surface area (Å²) in [7, 11) is 0. The van der Waals surface area contributed by atoms with E-state index in [2.05, 4.69) is 37.6 Å². The molecule has 108 valence electrons. The fourth-order valence-electron chi connectivity index (χ4n) is 1.95. The molecule has 1 aromatic heterocycles. The first-order chi connectivity index (χ1) is 9.02. The van der Waals surface area contributed by atoms with Crippen molar-refractivity contribution in [3.8, 4) is 0 Å². The van der Waals surface area contributed by atoms with E-state index in [9.17, 15) is 5.11 Å². The van der Waals surface area contributed by atoms with Crippen LogP contribution in [0.1, 0.15) is 46.2 Å². The summed E-state index contributed by atoms with van der Waals surface area (Å²) in [6.45, 7) is 11.2. The Balaban J connectivity index is 2.74. The predicted octanol–water partition coefficient (Wildman–Crippen LogP) is 3.47. The maximum absolute atomic E-state index is 9.20. The lowest BCUT2D eigenvalue weighted by Crippen LogP contribution is -2.27. The Hall–Kier alpha value is -1.09. The lowest BCUT2D eigenvalue weighted by molar-refractivity contribution is 0.277. The second-order valence-corrected chi connectivity index (χ2v) is 6.02. The summed E-state index contributed by atoms with van der Waals surface area (Å²) in [6.07, 6.45) is 4.17. The molecule has 0 atom stereocenters. The number of hydrogen-bond donors (Lipinski definition) is 1. The molecule has 0 aliphatic heterocycles. The maximum atomic E-state index is 9.20. The Morgan fingerprint density at radius 2 is 1.68 bits per heavy atom. The lowest BCUT2D eigenvalue weighted by atomic mass is 10.1. The Bertz CT molecular complexity index is 352. The third-order valence-electron chi connectivity index (χ3n) is 3.28. The van der Waals surface area contributed by atoms with E-state index in [1.807, 2.05) is 12.1 Å². The van der Waals surface area contributed by atoms with Gasteiger partial charge in [0.2, 0.25) is 0 Å². The SMILES string of the molecule is CC(C)CCN(CCC(C)C)c1ccnc(CO)c1. The van der Waals surface area contributed by atoms with Gasteiger partial charge in [0.25, 0.3) is 0 Å². The van der Waals surface area contributed by atoms with Gasteiger partial charge in [-0.15, -0.1) is 0 Å². The zero-order valence-corrected chi connectivity index (χ0v) is 12.8. The lowest BCUT2D eigenvalue weighted by Gasteiger charge is -2.26. The third kappa shape index (κ3) is 6.06. The monoisotopic (exact) mass is 264 g/mol. The van der Waals surface area contributed by atoms with Crippen LogP contribution in [0.4, 0.5) is 5.69 Å². The highest BCUT2D eigenvalue weighted by Crippen LogP contribution is 2.18. The van der Waals surface area contributed by atoms with Crippen molar-refractivity contribution >= 4 is 5.69 Å². The third-order valence-corrected chi connectivity index (χ3v) is 3.28. The average Bonchev–Trinajstić information content (AvgIpc) is 2.38. The molecule has 1 N–H and O–H groups in total. The molecule has 1 rings (SSSR count). The summed E-state index contributed by atoms with van der Waals surface area (Å²) in [5.41, 5.74) is 1.93. The van der Waals surface area contributed by atoms with E-state index in [0.29, 0.717) is 11.8 Å². The standard InChI is InChI=1S/C16H28N2O/c1-13(2)6-9-18(10-7-14(3)4)16-5-8-17-15(11-16)12-19/h5,8,11,13-14,19H,6-7,9-10,12H2,1-4H3. The van der Waals surface area contributed by atoms with E-state index in [1.165, 1.54) is 18.5 Å². The van der Waals surface area contributed by atoms with Gasteiger partial charge in [0.05, 0.1) is 12.3 Å². The quantitative estimate of drug-likeness (QED) is 0.781. The minimum atomic E-state index is 0.00996. The van der Waals surface area contributed by atoms with Crippen LogP contribution < -0.4 is 4.90 Å². The zero-order valence-electron chi connectivity index (χ0n) is 12.8. The number of nitrogens with zero attached hydrogens (tertiary/aromatic N) is 2. The first kappa shape index (κ1) is 16.0. The zero-order chi connectivity index (χ0) is 14.3. The number of aromatic nitrogens is 1. The van der Waals surface area contributed by atoms with Gasteiger partial charge in [0.1, 0.15) is 0 Å². The molecular weight excluding hydrogens is 236 g/mol. The molecule has 1 aromatic rings. The molecule has 0 aliphatic carbocycles. The van der Waals surface area contributed by atoms with Crippen LogP contribution in [0.25, 0.3) is 0 Å². The fraction of sp³-hybridized carbons (Fsp3) is 0.688. The molecule has 1 heterocycles. The van der Waals surface area contributed by atoms with Gasteiger partial charge in [-0.3, -0.25) is 4.98 Å². The van der Waals surface area contributed by atoms with Crippen molar-refractivity contribution in [3.05, 3.63) is 24.0 Å². The molecule has 0 bridgehead atoms. The molecule has 0 saturated heterocycles. The second-order valence-electron chi connectivity index (χ2n) is 6.02. The van der Waals surface area contributed by atoms with Crippen molar-refractivity contribution < 1.29 is 5.11 Å². The van der Waals surface area contributed by atoms with Gasteiger partial charge in [0, 0.05) is 25.0 Å². The molecule has 3 heteroatoms. The Morgan fingerprint density at radius 3 is 2.16 bits per heavy atom. The largest absolute Gasteiger partial charge is 0.390 e. The molecule has 3 nitrogen and oxygen atoms in total. The second kappa shape index (κ2) is 8.16. The van der Waals surface area contributed by atoms with Crippen molar-refractivity contribution in [3.63, 3.8) is 0 Å². The summed E-state index contributed by atoms with van der Waals surface area (Å²) in [6, 6.07) is 4.04. The summed E-state index contributed by atoms with van der Waals surface area (Å²) < 4.78 is 0. The Morgan fingerprint density at radius 1 is 1.11 bits per heavy atom. The number of aliphatic hydroxyl groups excluding tert-OH is 1. The van der Waals surface area contributed by atoms with Crippen molar-refractivity contribution in [2.24, 2.45) is 11.8 Å². The van der Waals surface area contributed by atoms with Crippen LogP contribution in [-0.2, 0) is 6.61 Å². The molecule has 19 heavy (non-hydrogen) atoms. The van der Waals surface area contributed by atoms with Crippen molar-refractivity contribution in [1.82, 2.24) is 4.98 Å². The minimum absolute atomic E-state index is 0.00996. The van der Waals surface area contributed by atoms with Crippen molar-refractivity contribution in [2.45, 2.75) is 47.1 Å². The summed E-state index contributed by atoms with van der Waals surface area (Å²) in [5.74, 6) is 1.42. The number of anilines is 1. The maximum Gasteiger partial charge on any atom is 0.0853 e. The normalized spacial score (nSPS) is 11.3. The van der Waals surface area contributed by atoms with E-state index in [-0.39, 0.29) is 6.61 Å². The highest BCUT2D eigenvalue weighted by atomic mass is 16.3. The molecule has 0 unspecified atom stereocenters. The highest BCUT2D eigenvalue weighted by molar-refractivity contribution is 5.46. The van der Waals surface area contributed by atoms with Crippen LogP contribution in [-0.4, -0.2) is 23.2 Å². The highest BCUT2D eigenvalue weighted by Gasteiger charge is 2.09. The summed E-state index contributed by atoms with van der Waals surface area (Å²) in [4.78, 5) is 6.57. The molecule has 0 aliphatic rings. The summed E-state index contributed by atoms with van der Waals surface area (Å²) in [5, 5.41) is 9.20. The number of hydrogen-bond acceptors (Lipinski definition) is 3. The number of rotatable bonds is 8. The summed E-state index contributed by atoms with van der Waals surface area (Å²) >= 11 is 0. The predicted molar refractivity (Wildman–Crippen MR) is 81.3 cm³/mol. The van der Waals surface area contributed by atoms with E-state index < -0.39 is 0 Å². The van der Waals surface area contributed by atoms with Crippen LogP contribution in [0, 0.1) is 11.8 Å². The van der Waals surface area contributed by atoms with Crippen molar-refractivity contribution in [2.75, 3.05) is 18.0 Å². The molecule has 0 amide bonds. The molecule has 0 aromatic carbocycles. The molecule has 0 saturated carbocycles. The fourth-order valence-corrected chi connectivity index (χ4v) is 1.95. The van der Waals surface area contributed by atoms with E-state index >= 15 is 0 Å². The van der Waals surface area contributed by atoms with Gasteiger partial charge >= 0.3 is 0 Å². The van der Waals surface area contributed by atoms with Crippen LogP contribution in [0.2, 0.25) is 0 Å². The topological polar surface area (TPSA) is 36.4 Å². The van der Waals surface area contributed by atoms with E-state index in [0.717, 1.165) is 18.8 Å². The molecular formula is C16H28N2O. The Labute approximate surface area is 117 Å². The van der Waals surface area contributed by atoms with Gasteiger partial charge in [0.15, 0.2) is 0 Å². The van der Waals surface area contributed by atoms with Crippen LogP contribution >= 0.6 is 0 Å². The van der Waals surface area contributed by atoms with Crippen molar-refractivity contribution in [1.29, 1.82) is 0 Å². The first-order valence-electron chi connectivity index (χ1n) is 7.33. The van der Waals surface area contributed by atoms with Gasteiger partial charge in [-0.25, -0.2) is 0 Å². The first-order valence-corrected chi connectivity index (χ1v) is 7.33. The van der Waals surface area contributed by atoms with Crippen LogP contribution in [0.3, 0.4) is 0 Å². The van der Waals surface area contributed by atoms with Crippen LogP contribution in [0.15, 0.2) is 18.3 Å².